The largest absolute Gasteiger partial charge is 0.392 e. The van der Waals surface area contributed by atoms with Crippen molar-refractivity contribution in [2.24, 2.45) is 0 Å². The summed E-state index contributed by atoms with van der Waals surface area (Å²) in [6, 6.07) is 15.2. The van der Waals surface area contributed by atoms with Crippen LogP contribution in [-0.2, 0) is 6.61 Å². The lowest BCUT2D eigenvalue weighted by molar-refractivity contribution is 0.101. The maximum Gasteiger partial charge on any atom is 0.159 e. The van der Waals surface area contributed by atoms with Crippen LogP contribution in [0.15, 0.2) is 48.5 Å². The second kappa shape index (κ2) is 4.93. The summed E-state index contributed by atoms with van der Waals surface area (Å²) >= 11 is 0. The van der Waals surface area contributed by atoms with Crippen molar-refractivity contribution >= 4 is 5.78 Å². The lowest BCUT2D eigenvalue weighted by Gasteiger charge is -2.05. The number of rotatable bonds is 3. The number of hydrogen-bond donors (Lipinski definition) is 1. The van der Waals surface area contributed by atoms with Crippen molar-refractivity contribution in [1.29, 1.82) is 0 Å². The normalized spacial score (nSPS) is 10.2. The zero-order chi connectivity index (χ0) is 12.3. The molecule has 0 atom stereocenters. The van der Waals surface area contributed by atoms with E-state index in [1.165, 1.54) is 0 Å². The highest BCUT2D eigenvalue weighted by molar-refractivity contribution is 5.95. The summed E-state index contributed by atoms with van der Waals surface area (Å²) in [6.07, 6.45) is 0. The Morgan fingerprint density at radius 1 is 1.06 bits per heavy atom. The summed E-state index contributed by atoms with van der Waals surface area (Å²) in [5.41, 5.74) is 3.58. The molecule has 2 heteroatoms. The molecular formula is C15H14O2. The first-order chi connectivity index (χ1) is 8.20. The predicted octanol–water partition coefficient (Wildman–Crippen LogP) is 3.05. The van der Waals surface area contributed by atoms with E-state index in [0.29, 0.717) is 5.56 Å². The van der Waals surface area contributed by atoms with E-state index >= 15 is 0 Å². The predicted molar refractivity (Wildman–Crippen MR) is 67.8 cm³/mol. The highest BCUT2D eigenvalue weighted by atomic mass is 16.3. The molecule has 0 aliphatic heterocycles. The average molecular weight is 226 g/mol. The Balaban J connectivity index is 2.45. The van der Waals surface area contributed by atoms with Crippen LogP contribution >= 0.6 is 0 Å². The number of benzene rings is 2. The van der Waals surface area contributed by atoms with Crippen molar-refractivity contribution in [3.05, 3.63) is 59.7 Å². The topological polar surface area (TPSA) is 37.3 Å². The molecule has 0 fully saturated rings. The molecule has 2 aromatic rings. The van der Waals surface area contributed by atoms with Gasteiger partial charge in [0.1, 0.15) is 0 Å². The second-order valence-electron chi connectivity index (χ2n) is 4.00. The standard InChI is InChI=1S/C15H14O2/c1-11(17)13-5-3-7-15(9-13)14-6-2-4-12(8-14)10-16/h2-9,16H,10H2,1H3. The van der Waals surface area contributed by atoms with Crippen LogP contribution < -0.4 is 0 Å². The number of carbonyl (C=O) groups excluding carboxylic acids is 1. The molecule has 0 aliphatic rings. The molecule has 1 N–H and O–H groups in total. The van der Waals surface area contributed by atoms with Gasteiger partial charge in [0.15, 0.2) is 5.78 Å². The first-order valence-corrected chi connectivity index (χ1v) is 5.52. The van der Waals surface area contributed by atoms with Gasteiger partial charge in [-0.25, -0.2) is 0 Å². The smallest absolute Gasteiger partial charge is 0.159 e. The summed E-state index contributed by atoms with van der Waals surface area (Å²) in [5, 5.41) is 9.10. The summed E-state index contributed by atoms with van der Waals surface area (Å²) in [4.78, 5) is 11.3. The van der Waals surface area contributed by atoms with Crippen LogP contribution in [0.4, 0.5) is 0 Å². The molecule has 17 heavy (non-hydrogen) atoms. The zero-order valence-electron chi connectivity index (χ0n) is 9.68. The van der Waals surface area contributed by atoms with E-state index in [1.54, 1.807) is 6.92 Å². The maximum atomic E-state index is 11.3. The molecule has 0 radical (unpaired) electrons. The quantitative estimate of drug-likeness (QED) is 0.817. The number of carbonyl (C=O) groups is 1. The Hall–Kier alpha value is -1.93. The van der Waals surface area contributed by atoms with E-state index in [2.05, 4.69) is 0 Å². The second-order valence-corrected chi connectivity index (χ2v) is 4.00. The lowest BCUT2D eigenvalue weighted by Crippen LogP contribution is -1.92. The molecule has 0 unspecified atom stereocenters. The number of aliphatic hydroxyl groups is 1. The summed E-state index contributed by atoms with van der Waals surface area (Å²) < 4.78 is 0. The number of hydrogen-bond acceptors (Lipinski definition) is 2. The molecule has 0 amide bonds. The number of aliphatic hydroxyl groups excluding tert-OH is 1. The SMILES string of the molecule is CC(=O)c1cccc(-c2cccc(CO)c2)c1. The van der Waals surface area contributed by atoms with Crippen LogP contribution in [0.5, 0.6) is 0 Å². The Morgan fingerprint density at radius 3 is 2.35 bits per heavy atom. The van der Waals surface area contributed by atoms with Crippen molar-refractivity contribution in [3.63, 3.8) is 0 Å². The third kappa shape index (κ3) is 2.60. The van der Waals surface area contributed by atoms with Crippen molar-refractivity contribution in [3.8, 4) is 11.1 Å². The molecule has 0 aliphatic carbocycles. The molecular weight excluding hydrogens is 212 g/mol. The van der Waals surface area contributed by atoms with Gasteiger partial charge in [-0.3, -0.25) is 4.79 Å². The molecule has 2 rings (SSSR count). The van der Waals surface area contributed by atoms with Gasteiger partial charge >= 0.3 is 0 Å². The van der Waals surface area contributed by atoms with E-state index in [-0.39, 0.29) is 12.4 Å². The minimum absolute atomic E-state index is 0.0280. The van der Waals surface area contributed by atoms with Gasteiger partial charge in [-0.05, 0) is 35.7 Å². The molecule has 0 saturated heterocycles. The van der Waals surface area contributed by atoms with Crippen LogP contribution in [0.3, 0.4) is 0 Å². The van der Waals surface area contributed by atoms with Gasteiger partial charge < -0.3 is 5.11 Å². The van der Waals surface area contributed by atoms with E-state index in [4.69, 9.17) is 5.11 Å². The first-order valence-electron chi connectivity index (χ1n) is 5.52. The van der Waals surface area contributed by atoms with Gasteiger partial charge in [-0.2, -0.15) is 0 Å². The Morgan fingerprint density at radius 2 is 1.71 bits per heavy atom. The maximum absolute atomic E-state index is 11.3. The minimum atomic E-state index is 0.0280. The van der Waals surface area contributed by atoms with E-state index in [9.17, 15) is 4.79 Å². The highest BCUT2D eigenvalue weighted by Gasteiger charge is 2.03. The summed E-state index contributed by atoms with van der Waals surface area (Å²) in [7, 11) is 0. The fraction of sp³-hybridized carbons (Fsp3) is 0.133. The van der Waals surface area contributed by atoms with Gasteiger partial charge in [0, 0.05) is 5.56 Å². The van der Waals surface area contributed by atoms with Crippen LogP contribution in [0.25, 0.3) is 11.1 Å². The summed E-state index contributed by atoms with van der Waals surface area (Å²) in [5.74, 6) is 0.0603. The fourth-order valence-corrected chi connectivity index (χ4v) is 1.77. The van der Waals surface area contributed by atoms with Crippen LogP contribution in [-0.4, -0.2) is 10.9 Å². The molecule has 0 saturated carbocycles. The van der Waals surface area contributed by atoms with Crippen LogP contribution in [0.1, 0.15) is 22.8 Å². The minimum Gasteiger partial charge on any atom is -0.392 e. The Labute approximate surface area is 101 Å². The molecule has 0 spiro atoms. The van der Waals surface area contributed by atoms with Crippen LogP contribution in [0, 0.1) is 0 Å². The molecule has 0 heterocycles. The van der Waals surface area contributed by atoms with Crippen molar-refractivity contribution in [1.82, 2.24) is 0 Å². The molecule has 2 aromatic carbocycles. The third-order valence-electron chi connectivity index (χ3n) is 2.71. The van der Waals surface area contributed by atoms with Crippen LogP contribution in [0.2, 0.25) is 0 Å². The number of Topliss-reactive ketones (excluding diaryl/α,β-unsaturated/α-hetero) is 1. The van der Waals surface area contributed by atoms with Gasteiger partial charge in [0.2, 0.25) is 0 Å². The van der Waals surface area contributed by atoms with E-state index in [0.717, 1.165) is 16.7 Å². The molecule has 86 valence electrons. The molecule has 0 aromatic heterocycles. The third-order valence-corrected chi connectivity index (χ3v) is 2.71. The van der Waals surface area contributed by atoms with Gasteiger partial charge in [0.05, 0.1) is 6.61 Å². The van der Waals surface area contributed by atoms with Crippen molar-refractivity contribution in [2.75, 3.05) is 0 Å². The fourth-order valence-electron chi connectivity index (χ4n) is 1.77. The van der Waals surface area contributed by atoms with E-state index in [1.807, 2.05) is 48.5 Å². The zero-order valence-corrected chi connectivity index (χ0v) is 9.68. The first kappa shape index (κ1) is 11.6. The van der Waals surface area contributed by atoms with Gasteiger partial charge in [0.25, 0.3) is 0 Å². The number of ketones is 1. The lowest BCUT2D eigenvalue weighted by atomic mass is 10.0. The highest BCUT2D eigenvalue weighted by Crippen LogP contribution is 2.21. The molecule has 0 bridgehead atoms. The Kier molecular flexibility index (Phi) is 3.35. The van der Waals surface area contributed by atoms with Gasteiger partial charge in [-0.1, -0.05) is 36.4 Å². The van der Waals surface area contributed by atoms with Gasteiger partial charge in [-0.15, -0.1) is 0 Å². The average Bonchev–Trinajstić information content (AvgIpc) is 2.39. The Bertz CT molecular complexity index is 544. The summed E-state index contributed by atoms with van der Waals surface area (Å²) in [6.45, 7) is 1.59. The molecule has 2 nitrogen and oxygen atoms in total. The van der Waals surface area contributed by atoms with E-state index < -0.39 is 0 Å². The monoisotopic (exact) mass is 226 g/mol. The van der Waals surface area contributed by atoms with Crippen molar-refractivity contribution < 1.29 is 9.90 Å². The van der Waals surface area contributed by atoms with Crippen molar-refractivity contribution in [2.45, 2.75) is 13.5 Å².